The van der Waals surface area contributed by atoms with E-state index in [0.29, 0.717) is 18.0 Å². The van der Waals surface area contributed by atoms with E-state index in [1.807, 2.05) is 0 Å². The van der Waals surface area contributed by atoms with Crippen molar-refractivity contribution in [1.29, 1.82) is 0 Å². The summed E-state index contributed by atoms with van der Waals surface area (Å²) in [5.74, 6) is 0.986. The van der Waals surface area contributed by atoms with Gasteiger partial charge in [0.2, 0.25) is 0 Å². The first-order valence-electron chi connectivity index (χ1n) is 7.24. The van der Waals surface area contributed by atoms with Crippen LogP contribution >= 0.6 is 0 Å². The number of likely N-dealkylation sites (tertiary alicyclic amines) is 1. The van der Waals surface area contributed by atoms with E-state index in [4.69, 9.17) is 0 Å². The lowest BCUT2D eigenvalue weighted by Crippen LogP contribution is -2.36. The average Bonchev–Trinajstić information content (AvgIpc) is 3.02. The average molecular weight is 290 g/mol. The van der Waals surface area contributed by atoms with Gasteiger partial charge >= 0.3 is 0 Å². The van der Waals surface area contributed by atoms with E-state index < -0.39 is 6.10 Å². The molecule has 1 aromatic carbocycles. The number of rotatable bonds is 4. The van der Waals surface area contributed by atoms with Crippen molar-refractivity contribution in [3.63, 3.8) is 0 Å². The molecule has 1 fully saturated rings. The third kappa shape index (κ3) is 3.28. The Morgan fingerprint density at radius 1 is 1.33 bits per heavy atom. The van der Waals surface area contributed by atoms with Gasteiger partial charge in [0.25, 0.3) is 0 Å². The van der Waals surface area contributed by atoms with Gasteiger partial charge in [0.1, 0.15) is 18.0 Å². The summed E-state index contributed by atoms with van der Waals surface area (Å²) in [4.78, 5) is 6.37. The predicted octanol–water partition coefficient (Wildman–Crippen LogP) is 1.86. The summed E-state index contributed by atoms with van der Waals surface area (Å²) in [6, 6.07) is 6.40. The van der Waals surface area contributed by atoms with Crippen molar-refractivity contribution in [3.05, 3.63) is 47.8 Å². The molecule has 1 atom stereocenters. The molecule has 0 aliphatic carbocycles. The van der Waals surface area contributed by atoms with Gasteiger partial charge < -0.3 is 10.0 Å². The zero-order chi connectivity index (χ0) is 14.7. The molecule has 0 spiro atoms. The van der Waals surface area contributed by atoms with Crippen LogP contribution < -0.4 is 0 Å². The molecule has 2 heterocycles. The molecule has 1 aliphatic rings. The van der Waals surface area contributed by atoms with E-state index in [1.54, 1.807) is 18.2 Å². The SMILES string of the molecule is OC(CN1CCC(c2ncn[nH]2)CC1)c1ccccc1F. The first-order valence-corrected chi connectivity index (χ1v) is 7.24. The Balaban J connectivity index is 1.55. The van der Waals surface area contributed by atoms with Crippen LogP contribution in [0, 0.1) is 5.82 Å². The van der Waals surface area contributed by atoms with Gasteiger partial charge in [-0.3, -0.25) is 5.10 Å². The van der Waals surface area contributed by atoms with E-state index in [2.05, 4.69) is 20.1 Å². The molecule has 3 rings (SSSR count). The van der Waals surface area contributed by atoms with Gasteiger partial charge in [-0.15, -0.1) is 0 Å². The minimum absolute atomic E-state index is 0.346. The first kappa shape index (κ1) is 14.2. The van der Waals surface area contributed by atoms with Crippen molar-refractivity contribution in [2.24, 2.45) is 0 Å². The Labute approximate surface area is 122 Å². The van der Waals surface area contributed by atoms with E-state index >= 15 is 0 Å². The van der Waals surface area contributed by atoms with Crippen molar-refractivity contribution in [3.8, 4) is 0 Å². The fraction of sp³-hybridized carbons (Fsp3) is 0.467. The van der Waals surface area contributed by atoms with E-state index in [9.17, 15) is 9.50 Å². The second-order valence-corrected chi connectivity index (χ2v) is 5.48. The molecule has 1 saturated heterocycles. The summed E-state index contributed by atoms with van der Waals surface area (Å²) in [7, 11) is 0. The maximum absolute atomic E-state index is 13.6. The Hall–Kier alpha value is -1.79. The highest BCUT2D eigenvalue weighted by molar-refractivity contribution is 5.20. The highest BCUT2D eigenvalue weighted by Gasteiger charge is 2.24. The quantitative estimate of drug-likeness (QED) is 0.902. The second kappa shape index (κ2) is 6.32. The molecule has 6 heteroatoms. The molecule has 1 aliphatic heterocycles. The fourth-order valence-corrected chi connectivity index (χ4v) is 2.89. The minimum Gasteiger partial charge on any atom is -0.387 e. The monoisotopic (exact) mass is 290 g/mol. The molecular formula is C15H19FN4O. The molecule has 112 valence electrons. The molecule has 2 aromatic rings. The minimum atomic E-state index is -0.784. The van der Waals surface area contributed by atoms with Crippen molar-refractivity contribution in [2.45, 2.75) is 24.9 Å². The molecule has 1 unspecified atom stereocenters. The number of halogens is 1. The summed E-state index contributed by atoms with van der Waals surface area (Å²) in [5.41, 5.74) is 0.370. The number of hydrogen-bond donors (Lipinski definition) is 2. The Bertz CT molecular complexity index is 567. The molecule has 0 amide bonds. The number of aliphatic hydroxyl groups is 1. The largest absolute Gasteiger partial charge is 0.387 e. The van der Waals surface area contributed by atoms with Crippen molar-refractivity contribution in [1.82, 2.24) is 20.1 Å². The number of β-amino-alcohol motifs (C(OH)–C–C–N with tert-alkyl or cyclic N) is 1. The maximum atomic E-state index is 13.6. The number of H-pyrrole nitrogens is 1. The van der Waals surface area contributed by atoms with Gasteiger partial charge in [0.05, 0.1) is 6.10 Å². The number of hydrogen-bond acceptors (Lipinski definition) is 4. The van der Waals surface area contributed by atoms with Crippen LogP contribution in [0.25, 0.3) is 0 Å². The summed E-state index contributed by atoms with van der Waals surface area (Å²) in [5, 5.41) is 17.0. The van der Waals surface area contributed by atoms with Crippen molar-refractivity contribution in [2.75, 3.05) is 19.6 Å². The van der Waals surface area contributed by atoms with Gasteiger partial charge in [0, 0.05) is 18.0 Å². The highest BCUT2D eigenvalue weighted by atomic mass is 19.1. The van der Waals surface area contributed by atoms with Crippen molar-refractivity contribution >= 4 is 0 Å². The van der Waals surface area contributed by atoms with Crippen LogP contribution in [0.2, 0.25) is 0 Å². The maximum Gasteiger partial charge on any atom is 0.137 e. The zero-order valence-corrected chi connectivity index (χ0v) is 11.7. The van der Waals surface area contributed by atoms with Crippen LogP contribution in [-0.4, -0.2) is 44.8 Å². The van der Waals surface area contributed by atoms with Crippen LogP contribution in [0.1, 0.15) is 36.3 Å². The molecule has 5 nitrogen and oxygen atoms in total. The van der Waals surface area contributed by atoms with Crippen LogP contribution in [0.15, 0.2) is 30.6 Å². The van der Waals surface area contributed by atoms with Crippen LogP contribution in [0.4, 0.5) is 4.39 Å². The Morgan fingerprint density at radius 2 is 2.10 bits per heavy atom. The van der Waals surface area contributed by atoms with E-state index in [1.165, 1.54) is 12.4 Å². The third-order valence-electron chi connectivity index (χ3n) is 4.10. The van der Waals surface area contributed by atoms with E-state index in [0.717, 1.165) is 31.8 Å². The molecule has 1 aromatic heterocycles. The van der Waals surface area contributed by atoms with E-state index in [-0.39, 0.29) is 5.82 Å². The smallest absolute Gasteiger partial charge is 0.137 e. The Morgan fingerprint density at radius 3 is 2.76 bits per heavy atom. The molecule has 0 saturated carbocycles. The second-order valence-electron chi connectivity index (χ2n) is 5.48. The van der Waals surface area contributed by atoms with Crippen molar-refractivity contribution < 1.29 is 9.50 Å². The molecule has 2 N–H and O–H groups in total. The predicted molar refractivity (Wildman–Crippen MR) is 76.2 cm³/mol. The topological polar surface area (TPSA) is 65.0 Å². The summed E-state index contributed by atoms with van der Waals surface area (Å²) >= 11 is 0. The summed E-state index contributed by atoms with van der Waals surface area (Å²) in [6.07, 6.45) is 2.69. The molecule has 0 bridgehead atoms. The lowest BCUT2D eigenvalue weighted by Gasteiger charge is -2.32. The normalized spacial score (nSPS) is 18.8. The number of aromatic amines is 1. The number of nitrogens with one attached hydrogen (secondary N) is 1. The van der Waals surface area contributed by atoms with Crippen LogP contribution in [0.5, 0.6) is 0 Å². The number of benzene rings is 1. The number of aromatic nitrogens is 3. The molecule has 21 heavy (non-hydrogen) atoms. The molecular weight excluding hydrogens is 271 g/mol. The lowest BCUT2D eigenvalue weighted by atomic mass is 9.95. The fourth-order valence-electron chi connectivity index (χ4n) is 2.89. The van der Waals surface area contributed by atoms with Gasteiger partial charge in [-0.25, -0.2) is 9.37 Å². The van der Waals surface area contributed by atoms with Crippen LogP contribution in [0.3, 0.4) is 0 Å². The highest BCUT2D eigenvalue weighted by Crippen LogP contribution is 2.26. The van der Waals surface area contributed by atoms with Crippen LogP contribution in [-0.2, 0) is 0 Å². The number of aliphatic hydroxyl groups excluding tert-OH is 1. The lowest BCUT2D eigenvalue weighted by molar-refractivity contribution is 0.0941. The standard InChI is InChI=1S/C15H19FN4O/c16-13-4-2-1-3-12(13)14(21)9-20-7-5-11(6-8-20)15-17-10-18-19-15/h1-4,10-11,14,21H,5-9H2,(H,17,18,19). The Kier molecular flexibility index (Phi) is 4.26. The van der Waals surface area contributed by atoms with Gasteiger partial charge in [-0.1, -0.05) is 18.2 Å². The molecule has 0 radical (unpaired) electrons. The zero-order valence-electron chi connectivity index (χ0n) is 11.7. The van der Waals surface area contributed by atoms with Gasteiger partial charge in [-0.05, 0) is 32.0 Å². The summed E-state index contributed by atoms with van der Waals surface area (Å²) in [6.45, 7) is 2.21. The number of nitrogens with zero attached hydrogens (tertiary/aromatic N) is 3. The number of piperidine rings is 1. The first-order chi connectivity index (χ1) is 10.2. The van der Waals surface area contributed by atoms with Gasteiger partial charge in [-0.2, -0.15) is 5.10 Å². The third-order valence-corrected chi connectivity index (χ3v) is 4.10. The van der Waals surface area contributed by atoms with Gasteiger partial charge in [0.15, 0.2) is 0 Å². The summed E-state index contributed by atoms with van der Waals surface area (Å²) < 4.78 is 13.6.